The summed E-state index contributed by atoms with van der Waals surface area (Å²) in [5.74, 6) is -0.103. The highest BCUT2D eigenvalue weighted by Crippen LogP contribution is 2.14. The van der Waals surface area contributed by atoms with Gasteiger partial charge in [-0.05, 0) is 12.1 Å². The Hall–Kier alpha value is -1.89. The van der Waals surface area contributed by atoms with Crippen LogP contribution in [0.5, 0.6) is 0 Å². The lowest BCUT2D eigenvalue weighted by Gasteiger charge is -2.01. The minimum Gasteiger partial charge on any atom is -0.439 e. The Morgan fingerprint density at radius 2 is 2.11 bits per heavy atom. The first-order valence-corrected chi connectivity index (χ1v) is 7.79. The molecule has 0 aliphatic carbocycles. The van der Waals surface area contributed by atoms with Crippen molar-refractivity contribution in [3.63, 3.8) is 0 Å². The fraction of sp³-hybridized carbons (Fsp3) is 0.333. The first-order valence-electron chi connectivity index (χ1n) is 5.73. The zero-order chi connectivity index (χ0) is 13.9. The normalized spacial score (nSPS) is 11.6. The second-order valence-electron chi connectivity index (χ2n) is 4.23. The quantitative estimate of drug-likeness (QED) is 0.879. The van der Waals surface area contributed by atoms with E-state index in [1.807, 2.05) is 18.2 Å². The lowest BCUT2D eigenvalue weighted by atomic mass is 10.3. The Morgan fingerprint density at radius 1 is 1.37 bits per heavy atom. The van der Waals surface area contributed by atoms with Crippen LogP contribution in [0.2, 0.25) is 0 Å². The van der Waals surface area contributed by atoms with E-state index in [1.54, 1.807) is 6.07 Å². The minimum absolute atomic E-state index is 0.0565. The number of nitrogens with one attached hydrogen (secondary N) is 1. The first-order chi connectivity index (χ1) is 8.94. The molecule has 6 nitrogen and oxygen atoms in total. The Bertz CT molecular complexity index is 658. The van der Waals surface area contributed by atoms with Crippen LogP contribution in [0, 0.1) is 0 Å². The van der Waals surface area contributed by atoms with Crippen LogP contribution in [0.15, 0.2) is 28.7 Å². The summed E-state index contributed by atoms with van der Waals surface area (Å²) in [4.78, 5) is 15.6. The van der Waals surface area contributed by atoms with Gasteiger partial charge in [0.05, 0.1) is 12.3 Å². The SMILES string of the molecule is CS(=O)(=O)CCC(=O)NCc1nc2ccccc2o1. The summed E-state index contributed by atoms with van der Waals surface area (Å²) in [6.07, 6.45) is 1.04. The van der Waals surface area contributed by atoms with Crippen molar-refractivity contribution < 1.29 is 17.6 Å². The van der Waals surface area contributed by atoms with Gasteiger partial charge >= 0.3 is 0 Å². The van der Waals surface area contributed by atoms with Crippen molar-refractivity contribution in [1.82, 2.24) is 10.3 Å². The zero-order valence-electron chi connectivity index (χ0n) is 10.4. The van der Waals surface area contributed by atoms with Gasteiger partial charge in [-0.1, -0.05) is 12.1 Å². The number of nitrogens with zero attached hydrogens (tertiary/aromatic N) is 1. The van der Waals surface area contributed by atoms with Gasteiger partial charge in [0.15, 0.2) is 5.58 Å². The van der Waals surface area contributed by atoms with E-state index in [-0.39, 0.29) is 24.6 Å². The molecule has 1 aromatic heterocycles. The predicted octanol–water partition coefficient (Wildman–Crippen LogP) is 0.879. The van der Waals surface area contributed by atoms with Crippen LogP contribution in [-0.2, 0) is 21.2 Å². The number of benzene rings is 1. The number of hydrogen-bond donors (Lipinski definition) is 1. The van der Waals surface area contributed by atoms with Crippen LogP contribution in [-0.4, -0.2) is 31.3 Å². The van der Waals surface area contributed by atoms with Crippen LogP contribution >= 0.6 is 0 Å². The molecule has 0 saturated heterocycles. The van der Waals surface area contributed by atoms with E-state index >= 15 is 0 Å². The highest BCUT2D eigenvalue weighted by Gasteiger charge is 2.09. The number of sulfone groups is 1. The summed E-state index contributed by atoms with van der Waals surface area (Å²) < 4.78 is 27.3. The Balaban J connectivity index is 1.90. The average Bonchev–Trinajstić information content (AvgIpc) is 2.75. The van der Waals surface area contributed by atoms with Gasteiger partial charge < -0.3 is 9.73 Å². The molecule has 0 spiro atoms. The highest BCUT2D eigenvalue weighted by atomic mass is 32.2. The number of fused-ring (bicyclic) bond motifs is 1. The van der Waals surface area contributed by atoms with Gasteiger partial charge in [-0.2, -0.15) is 0 Å². The van der Waals surface area contributed by atoms with Crippen LogP contribution < -0.4 is 5.32 Å². The summed E-state index contributed by atoms with van der Waals surface area (Å²) in [7, 11) is -3.12. The Kier molecular flexibility index (Phi) is 3.84. The van der Waals surface area contributed by atoms with Crippen LogP contribution in [0.4, 0.5) is 0 Å². The number of hydrogen-bond acceptors (Lipinski definition) is 5. The van der Waals surface area contributed by atoms with Gasteiger partial charge in [-0.15, -0.1) is 0 Å². The van der Waals surface area contributed by atoms with E-state index in [4.69, 9.17) is 4.42 Å². The summed E-state index contributed by atoms with van der Waals surface area (Å²) in [5, 5.41) is 2.57. The van der Waals surface area contributed by atoms with Crippen molar-refractivity contribution in [2.75, 3.05) is 12.0 Å². The molecule has 1 amide bonds. The second-order valence-corrected chi connectivity index (χ2v) is 6.49. The molecule has 2 aromatic rings. The maximum Gasteiger partial charge on any atom is 0.221 e. The fourth-order valence-corrected chi connectivity index (χ4v) is 2.09. The number of carbonyl (C=O) groups excluding carboxylic acids is 1. The van der Waals surface area contributed by atoms with Crippen LogP contribution in [0.25, 0.3) is 11.1 Å². The predicted molar refractivity (Wildman–Crippen MR) is 70.2 cm³/mol. The number of oxazole rings is 1. The van der Waals surface area contributed by atoms with E-state index in [1.165, 1.54) is 0 Å². The van der Waals surface area contributed by atoms with Gasteiger partial charge in [-0.3, -0.25) is 4.79 Å². The van der Waals surface area contributed by atoms with Crippen molar-refractivity contribution in [1.29, 1.82) is 0 Å². The van der Waals surface area contributed by atoms with Crippen molar-refractivity contribution in [3.05, 3.63) is 30.2 Å². The number of carbonyl (C=O) groups is 1. The molecule has 1 heterocycles. The van der Waals surface area contributed by atoms with Gasteiger partial charge in [0.25, 0.3) is 0 Å². The topological polar surface area (TPSA) is 89.3 Å². The largest absolute Gasteiger partial charge is 0.439 e. The van der Waals surface area contributed by atoms with Gasteiger partial charge in [0, 0.05) is 12.7 Å². The molecule has 0 unspecified atom stereocenters. The molecule has 0 bridgehead atoms. The summed E-state index contributed by atoms with van der Waals surface area (Å²) in [5.41, 5.74) is 1.38. The first kappa shape index (κ1) is 13.5. The van der Waals surface area contributed by atoms with E-state index in [2.05, 4.69) is 10.3 Å². The number of para-hydroxylation sites is 2. The van der Waals surface area contributed by atoms with Gasteiger partial charge in [0.2, 0.25) is 11.8 Å². The van der Waals surface area contributed by atoms with E-state index < -0.39 is 9.84 Å². The zero-order valence-corrected chi connectivity index (χ0v) is 11.2. The molecule has 0 atom stereocenters. The molecule has 1 N–H and O–H groups in total. The Labute approximate surface area is 110 Å². The minimum atomic E-state index is -3.12. The molecule has 0 radical (unpaired) electrons. The van der Waals surface area contributed by atoms with E-state index in [0.29, 0.717) is 11.5 Å². The van der Waals surface area contributed by atoms with Gasteiger partial charge in [-0.25, -0.2) is 13.4 Å². The maximum atomic E-state index is 11.4. The number of rotatable bonds is 5. The molecular weight excluding hydrogens is 268 g/mol. The molecule has 1 aromatic carbocycles. The van der Waals surface area contributed by atoms with E-state index in [9.17, 15) is 13.2 Å². The molecule has 0 saturated carbocycles. The van der Waals surface area contributed by atoms with Crippen molar-refractivity contribution in [3.8, 4) is 0 Å². The summed E-state index contributed by atoms with van der Waals surface area (Å²) in [6, 6.07) is 7.28. The summed E-state index contributed by atoms with van der Waals surface area (Å²) >= 11 is 0. The molecule has 0 fully saturated rings. The summed E-state index contributed by atoms with van der Waals surface area (Å²) in [6.45, 7) is 0.150. The smallest absolute Gasteiger partial charge is 0.221 e. The molecule has 102 valence electrons. The highest BCUT2D eigenvalue weighted by molar-refractivity contribution is 7.90. The lowest BCUT2D eigenvalue weighted by molar-refractivity contribution is -0.120. The monoisotopic (exact) mass is 282 g/mol. The Morgan fingerprint density at radius 3 is 2.79 bits per heavy atom. The molecule has 19 heavy (non-hydrogen) atoms. The second kappa shape index (κ2) is 5.40. The van der Waals surface area contributed by atoms with Crippen molar-refractivity contribution >= 4 is 26.8 Å². The third-order valence-electron chi connectivity index (χ3n) is 2.47. The van der Waals surface area contributed by atoms with E-state index in [0.717, 1.165) is 11.8 Å². The van der Waals surface area contributed by atoms with Crippen molar-refractivity contribution in [2.45, 2.75) is 13.0 Å². The van der Waals surface area contributed by atoms with Crippen LogP contribution in [0.1, 0.15) is 12.3 Å². The standard InChI is InChI=1S/C12H14N2O4S/c1-19(16,17)7-6-11(15)13-8-12-14-9-4-2-3-5-10(9)18-12/h2-5H,6-8H2,1H3,(H,13,15). The fourth-order valence-electron chi connectivity index (χ4n) is 1.54. The van der Waals surface area contributed by atoms with Crippen molar-refractivity contribution in [2.24, 2.45) is 0 Å². The van der Waals surface area contributed by atoms with Crippen LogP contribution in [0.3, 0.4) is 0 Å². The third-order valence-corrected chi connectivity index (χ3v) is 3.42. The molecule has 7 heteroatoms. The van der Waals surface area contributed by atoms with Gasteiger partial charge in [0.1, 0.15) is 15.4 Å². The molecule has 2 rings (SSSR count). The number of aromatic nitrogens is 1. The average molecular weight is 282 g/mol. The molecule has 0 aliphatic rings. The maximum absolute atomic E-state index is 11.4. The third kappa shape index (κ3) is 4.06. The molecular formula is C12H14N2O4S. The molecule has 0 aliphatic heterocycles. The number of amides is 1. The lowest BCUT2D eigenvalue weighted by Crippen LogP contribution is -2.25.